The van der Waals surface area contributed by atoms with Gasteiger partial charge in [-0.15, -0.1) is 0 Å². The zero-order valence-corrected chi connectivity index (χ0v) is 4.57. The number of nitriles is 2. The van der Waals surface area contributed by atoms with Gasteiger partial charge in [-0.1, -0.05) is 0 Å². The molecule has 0 aliphatic carbocycles. The molecule has 0 aliphatic heterocycles. The van der Waals surface area contributed by atoms with E-state index in [2.05, 4.69) is 0 Å². The van der Waals surface area contributed by atoms with E-state index in [4.69, 9.17) is 10.5 Å². The van der Waals surface area contributed by atoms with E-state index < -0.39 is 0 Å². The molecule has 0 aromatic heterocycles. The number of nitrogens with zero attached hydrogens (tertiary/aromatic N) is 2. The molecule has 0 unspecified atom stereocenters. The normalized spacial score (nSPS) is 4.33. The van der Waals surface area contributed by atoms with Crippen LogP contribution in [0.15, 0.2) is 0 Å². The summed E-state index contributed by atoms with van der Waals surface area (Å²) in [5.74, 6) is 0. The Bertz CT molecular complexity index is 76.7. The summed E-state index contributed by atoms with van der Waals surface area (Å²) in [6.07, 6.45) is 0. The summed E-state index contributed by atoms with van der Waals surface area (Å²) in [5.41, 5.74) is 0. The van der Waals surface area contributed by atoms with Gasteiger partial charge in [-0.05, 0) is 0 Å². The van der Waals surface area contributed by atoms with Gasteiger partial charge in [0.05, 0.1) is 0 Å². The molecule has 0 fully saturated rings. The van der Waals surface area contributed by atoms with Crippen LogP contribution < -0.4 is 0 Å². The maximum absolute atomic E-state index is 7.58. The molecule has 0 heterocycles. The van der Waals surface area contributed by atoms with Gasteiger partial charge in [0.25, 0.3) is 0 Å². The van der Waals surface area contributed by atoms with Gasteiger partial charge < -0.3 is 0 Å². The average Bonchev–Trinajstić information content (AvgIpc) is 1.41. The van der Waals surface area contributed by atoms with Crippen molar-refractivity contribution < 1.29 is 31.2 Å². The van der Waals surface area contributed by atoms with Crippen molar-refractivity contribution in [1.82, 2.24) is 0 Å². The maximum Gasteiger partial charge on any atom is 0 e. The van der Waals surface area contributed by atoms with Crippen LogP contribution in [0.25, 0.3) is 0 Å². The SMILES string of the molecule is N#[C][Co][C]#N.[Ni]. The molecule has 0 N–H and O–H groups in total. The van der Waals surface area contributed by atoms with E-state index in [0.29, 0.717) is 0 Å². The fraction of sp³-hybridized carbons (Fsp3) is 0. The summed E-state index contributed by atoms with van der Waals surface area (Å²) >= 11 is 0.215. The van der Waals surface area contributed by atoms with E-state index >= 15 is 0 Å². The van der Waals surface area contributed by atoms with Gasteiger partial charge >= 0.3 is 35.2 Å². The van der Waals surface area contributed by atoms with Gasteiger partial charge in [0.15, 0.2) is 0 Å². The Morgan fingerprint density at radius 1 is 1.17 bits per heavy atom. The van der Waals surface area contributed by atoms with Gasteiger partial charge in [-0.25, -0.2) is 0 Å². The van der Waals surface area contributed by atoms with E-state index in [1.165, 1.54) is 0 Å². The molecule has 0 aliphatic rings. The van der Waals surface area contributed by atoms with Crippen LogP contribution in [0.4, 0.5) is 0 Å². The molecule has 0 saturated carbocycles. The fourth-order valence-corrected chi connectivity index (χ4v) is 0.0687. The molecule has 0 bridgehead atoms. The third-order valence-electron chi connectivity index (χ3n) is 0.0745. The van der Waals surface area contributed by atoms with Crippen LogP contribution in [-0.4, -0.2) is 0 Å². The Labute approximate surface area is 52.0 Å². The van der Waals surface area contributed by atoms with Crippen molar-refractivity contribution in [1.29, 1.82) is 10.5 Å². The third kappa shape index (κ3) is 9.02. The first-order chi connectivity index (χ1) is 2.41. The molecule has 6 heavy (non-hydrogen) atoms. The predicted octanol–water partition coefficient (Wildman–Crippen LogP) is 0.0286. The van der Waals surface area contributed by atoms with Crippen molar-refractivity contribution in [3.63, 3.8) is 0 Å². The Balaban J connectivity index is 0. The molecule has 0 atom stereocenters. The Morgan fingerprint density at radius 3 is 1.50 bits per heavy atom. The van der Waals surface area contributed by atoms with Crippen LogP contribution in [0.5, 0.6) is 0 Å². The van der Waals surface area contributed by atoms with Crippen molar-refractivity contribution in [2.24, 2.45) is 0 Å². The number of hydrogen-bond donors (Lipinski definition) is 0. The maximum atomic E-state index is 7.58. The minimum atomic E-state index is 0. The average molecular weight is 170 g/mol. The van der Waals surface area contributed by atoms with E-state index in [9.17, 15) is 0 Å². The summed E-state index contributed by atoms with van der Waals surface area (Å²) < 4.78 is 0. The molecule has 4 heteroatoms. The van der Waals surface area contributed by atoms with Crippen molar-refractivity contribution in [3.05, 3.63) is 0 Å². The van der Waals surface area contributed by atoms with Crippen molar-refractivity contribution in [2.45, 2.75) is 0 Å². The molecule has 0 amide bonds. The van der Waals surface area contributed by atoms with Crippen LogP contribution in [0, 0.1) is 20.5 Å². The van der Waals surface area contributed by atoms with Crippen LogP contribution in [-0.2, 0) is 31.2 Å². The van der Waals surface area contributed by atoms with Crippen molar-refractivity contribution in [3.8, 4) is 10.0 Å². The minimum absolute atomic E-state index is 0. The summed E-state index contributed by atoms with van der Waals surface area (Å²) in [6.45, 7) is 0. The Kier molecular flexibility index (Phi) is 13.9. The monoisotopic (exact) mass is 169 g/mol. The second-order valence-corrected chi connectivity index (χ2v) is 0.958. The van der Waals surface area contributed by atoms with Crippen LogP contribution in [0.1, 0.15) is 0 Å². The zero-order chi connectivity index (χ0) is 4.12. The number of hydrogen-bond acceptors (Lipinski definition) is 2. The van der Waals surface area contributed by atoms with Gasteiger partial charge in [-0.2, -0.15) is 0 Å². The summed E-state index contributed by atoms with van der Waals surface area (Å²) in [4.78, 5) is 0. The van der Waals surface area contributed by atoms with Crippen LogP contribution in [0.3, 0.4) is 0 Å². The molecule has 0 aromatic carbocycles. The van der Waals surface area contributed by atoms with E-state index in [1.54, 1.807) is 10.0 Å². The molecule has 0 saturated heterocycles. The Hall–Kier alpha value is -0.0200. The minimum Gasteiger partial charge on any atom is 0 e. The van der Waals surface area contributed by atoms with Crippen LogP contribution >= 0.6 is 0 Å². The molecule has 0 radical (unpaired) electrons. The molecule has 2 nitrogen and oxygen atoms in total. The van der Waals surface area contributed by atoms with E-state index in [0.717, 1.165) is 0 Å². The van der Waals surface area contributed by atoms with Crippen molar-refractivity contribution >= 4 is 0 Å². The van der Waals surface area contributed by atoms with E-state index in [1.807, 2.05) is 0 Å². The quantitative estimate of drug-likeness (QED) is 0.481. The summed E-state index contributed by atoms with van der Waals surface area (Å²) in [7, 11) is 0. The molecule has 37 valence electrons. The molecule has 0 aromatic rings. The second-order valence-electron chi connectivity index (χ2n) is 0.232. The second kappa shape index (κ2) is 8.88. The predicted molar refractivity (Wildman–Crippen MR) is 11.2 cm³/mol. The molecular weight excluding hydrogens is 170 g/mol. The fourth-order valence-electron chi connectivity index (χ4n) is 0.0167. The van der Waals surface area contributed by atoms with Gasteiger partial charge in [0.1, 0.15) is 0 Å². The topological polar surface area (TPSA) is 47.6 Å². The van der Waals surface area contributed by atoms with Crippen LogP contribution in [0.2, 0.25) is 0 Å². The first kappa shape index (κ1) is 9.36. The molecule has 0 spiro atoms. The molecular formula is C2CoN2Ni. The largest absolute Gasteiger partial charge is 0 e. The molecule has 0 rings (SSSR count). The van der Waals surface area contributed by atoms with Gasteiger partial charge in [0, 0.05) is 16.5 Å². The van der Waals surface area contributed by atoms with E-state index in [-0.39, 0.29) is 31.2 Å². The smallest absolute Gasteiger partial charge is 0 e. The third-order valence-corrected chi connectivity index (χ3v) is 0.307. The summed E-state index contributed by atoms with van der Waals surface area (Å²) in [5, 5.41) is 18.4. The first-order valence-corrected chi connectivity index (χ1v) is 1.82. The van der Waals surface area contributed by atoms with Gasteiger partial charge in [-0.3, -0.25) is 0 Å². The number of rotatable bonds is 0. The standard InChI is InChI=1S/2CN.Co.Ni/c2*1-2;;. The zero-order valence-electron chi connectivity index (χ0n) is 2.54. The Morgan fingerprint density at radius 2 is 1.50 bits per heavy atom. The summed E-state index contributed by atoms with van der Waals surface area (Å²) in [6, 6.07) is 0. The first-order valence-electron chi connectivity index (χ1n) is 0.781. The van der Waals surface area contributed by atoms with Crippen molar-refractivity contribution in [2.75, 3.05) is 0 Å². The van der Waals surface area contributed by atoms with Gasteiger partial charge in [0.2, 0.25) is 0 Å².